The number of hydrogen-bond donors (Lipinski definition) is 1. The van der Waals surface area contributed by atoms with Gasteiger partial charge in [-0.3, -0.25) is 0 Å². The van der Waals surface area contributed by atoms with Crippen LogP contribution >= 0.6 is 0 Å². The van der Waals surface area contributed by atoms with E-state index in [1.165, 1.54) is 11.1 Å². The van der Waals surface area contributed by atoms with Crippen LogP contribution in [0.25, 0.3) is 11.3 Å². The molecule has 0 bridgehead atoms. The second kappa shape index (κ2) is 4.34. The zero-order chi connectivity index (χ0) is 12.5. The van der Waals surface area contributed by atoms with Gasteiger partial charge in [-0.05, 0) is 26.8 Å². The lowest BCUT2D eigenvalue weighted by atomic mass is 10.1. The first-order valence-corrected chi connectivity index (χ1v) is 5.82. The second-order valence-corrected chi connectivity index (χ2v) is 5.26. The molecule has 0 aliphatic rings. The number of rotatable bonds is 3. The van der Waals surface area contributed by atoms with Crippen molar-refractivity contribution in [2.45, 2.75) is 32.9 Å². The van der Waals surface area contributed by atoms with Gasteiger partial charge in [-0.2, -0.15) is 0 Å². The van der Waals surface area contributed by atoms with E-state index in [1.807, 2.05) is 26.4 Å². The molecule has 0 atom stereocenters. The molecule has 0 radical (unpaired) electrons. The van der Waals surface area contributed by atoms with Crippen molar-refractivity contribution in [3.63, 3.8) is 0 Å². The molecule has 17 heavy (non-hydrogen) atoms. The Hall–Kier alpha value is -1.61. The largest absolute Gasteiger partial charge is 0.329 e. The van der Waals surface area contributed by atoms with Crippen molar-refractivity contribution >= 4 is 0 Å². The van der Waals surface area contributed by atoms with Crippen molar-refractivity contribution in [2.24, 2.45) is 5.73 Å². The molecule has 2 rings (SSSR count). The number of imidazole rings is 1. The lowest BCUT2D eigenvalue weighted by Gasteiger charge is -2.20. The van der Waals surface area contributed by atoms with Crippen LogP contribution in [0.3, 0.4) is 0 Å². The first-order chi connectivity index (χ1) is 7.96. The number of benzene rings is 1. The molecule has 3 heteroatoms. The van der Waals surface area contributed by atoms with Crippen molar-refractivity contribution in [1.82, 2.24) is 9.55 Å². The van der Waals surface area contributed by atoms with Gasteiger partial charge in [-0.25, -0.2) is 4.98 Å². The van der Waals surface area contributed by atoms with Gasteiger partial charge in [-0.15, -0.1) is 0 Å². The number of aromatic nitrogens is 2. The predicted molar refractivity (Wildman–Crippen MR) is 70.7 cm³/mol. The van der Waals surface area contributed by atoms with Gasteiger partial charge in [0.15, 0.2) is 0 Å². The van der Waals surface area contributed by atoms with E-state index in [0.717, 1.165) is 12.2 Å². The molecule has 0 unspecified atom stereocenters. The molecular formula is C14H19N3. The van der Waals surface area contributed by atoms with Crippen LogP contribution in [0.15, 0.2) is 36.8 Å². The minimum atomic E-state index is -0.237. The van der Waals surface area contributed by atoms with Crippen LogP contribution in [0, 0.1) is 6.92 Å². The summed E-state index contributed by atoms with van der Waals surface area (Å²) in [6, 6.07) is 8.42. The summed E-state index contributed by atoms with van der Waals surface area (Å²) in [7, 11) is 0. The van der Waals surface area contributed by atoms with E-state index in [1.54, 1.807) is 0 Å². The highest BCUT2D eigenvalue weighted by molar-refractivity contribution is 5.59. The fraction of sp³-hybridized carbons (Fsp3) is 0.357. The van der Waals surface area contributed by atoms with E-state index < -0.39 is 0 Å². The zero-order valence-electron chi connectivity index (χ0n) is 10.6. The zero-order valence-corrected chi connectivity index (χ0v) is 10.6. The van der Waals surface area contributed by atoms with E-state index in [4.69, 9.17) is 5.73 Å². The third-order valence-electron chi connectivity index (χ3n) is 2.60. The molecule has 90 valence electrons. The van der Waals surface area contributed by atoms with E-state index in [-0.39, 0.29) is 5.54 Å². The molecule has 1 aromatic carbocycles. The Morgan fingerprint density at radius 2 is 2.12 bits per heavy atom. The van der Waals surface area contributed by atoms with Crippen LogP contribution in [0.4, 0.5) is 0 Å². The average Bonchev–Trinajstić information content (AvgIpc) is 2.63. The lowest BCUT2D eigenvalue weighted by Crippen LogP contribution is -2.37. The Bertz CT molecular complexity index is 506. The van der Waals surface area contributed by atoms with Gasteiger partial charge in [0, 0.05) is 17.6 Å². The highest BCUT2D eigenvalue weighted by atomic mass is 15.1. The molecule has 0 spiro atoms. The number of hydrogen-bond acceptors (Lipinski definition) is 2. The topological polar surface area (TPSA) is 43.8 Å². The highest BCUT2D eigenvalue weighted by Gasteiger charge is 2.14. The van der Waals surface area contributed by atoms with Crippen LogP contribution in [-0.4, -0.2) is 15.1 Å². The van der Waals surface area contributed by atoms with E-state index in [0.29, 0.717) is 0 Å². The van der Waals surface area contributed by atoms with Gasteiger partial charge in [-0.1, -0.05) is 23.8 Å². The quantitative estimate of drug-likeness (QED) is 0.879. The number of nitrogens with two attached hydrogens (primary N) is 1. The molecule has 0 aliphatic carbocycles. The maximum Gasteiger partial charge on any atom is 0.0951 e. The predicted octanol–water partition coefficient (Wildman–Crippen LogP) is 2.60. The van der Waals surface area contributed by atoms with Crippen molar-refractivity contribution in [3.05, 3.63) is 42.4 Å². The minimum Gasteiger partial charge on any atom is -0.329 e. The third kappa shape index (κ3) is 2.94. The van der Waals surface area contributed by atoms with E-state index >= 15 is 0 Å². The minimum absolute atomic E-state index is 0.237. The van der Waals surface area contributed by atoms with Crippen LogP contribution in [-0.2, 0) is 6.54 Å². The Morgan fingerprint density at radius 3 is 2.76 bits per heavy atom. The summed E-state index contributed by atoms with van der Waals surface area (Å²) in [5, 5.41) is 0. The molecule has 0 saturated carbocycles. The van der Waals surface area contributed by atoms with Crippen LogP contribution in [0.1, 0.15) is 19.4 Å². The third-order valence-corrected chi connectivity index (χ3v) is 2.60. The summed E-state index contributed by atoms with van der Waals surface area (Å²) < 4.78 is 2.11. The fourth-order valence-electron chi connectivity index (χ4n) is 1.93. The lowest BCUT2D eigenvalue weighted by molar-refractivity contribution is 0.436. The number of nitrogens with zero attached hydrogens (tertiary/aromatic N) is 2. The van der Waals surface area contributed by atoms with Gasteiger partial charge in [0.05, 0.1) is 18.2 Å². The molecule has 1 aromatic heterocycles. The summed E-state index contributed by atoms with van der Waals surface area (Å²) in [6.07, 6.45) is 3.73. The average molecular weight is 229 g/mol. The first kappa shape index (κ1) is 11.9. The summed E-state index contributed by atoms with van der Waals surface area (Å²) in [5.41, 5.74) is 9.37. The molecule has 0 amide bonds. The van der Waals surface area contributed by atoms with Crippen molar-refractivity contribution < 1.29 is 0 Å². The molecule has 1 heterocycles. The molecule has 2 aromatic rings. The Kier molecular flexibility index (Phi) is 3.03. The van der Waals surface area contributed by atoms with Gasteiger partial charge >= 0.3 is 0 Å². The first-order valence-electron chi connectivity index (χ1n) is 5.82. The normalized spacial score (nSPS) is 11.8. The number of aryl methyl sites for hydroxylation is 1. The maximum absolute atomic E-state index is 6.05. The molecule has 0 saturated heterocycles. The standard InChI is InChI=1S/C14H19N3/c1-11-5-4-6-12(7-11)13-8-16-10-17(13)9-14(2,3)15/h4-8,10H,9,15H2,1-3H3. The molecule has 0 aliphatic heterocycles. The van der Waals surface area contributed by atoms with Crippen LogP contribution < -0.4 is 5.73 Å². The summed E-state index contributed by atoms with van der Waals surface area (Å²) >= 11 is 0. The van der Waals surface area contributed by atoms with Gasteiger partial charge in [0.1, 0.15) is 0 Å². The summed E-state index contributed by atoms with van der Waals surface area (Å²) in [5.74, 6) is 0. The molecule has 0 fully saturated rings. The van der Waals surface area contributed by atoms with E-state index in [2.05, 4.69) is 40.7 Å². The molecule has 2 N–H and O–H groups in total. The monoisotopic (exact) mass is 229 g/mol. The molecule has 3 nitrogen and oxygen atoms in total. The summed E-state index contributed by atoms with van der Waals surface area (Å²) in [6.45, 7) is 6.90. The Labute approximate surface area is 102 Å². The second-order valence-electron chi connectivity index (χ2n) is 5.26. The van der Waals surface area contributed by atoms with Crippen molar-refractivity contribution in [1.29, 1.82) is 0 Å². The Morgan fingerprint density at radius 1 is 1.35 bits per heavy atom. The van der Waals surface area contributed by atoms with Gasteiger partial charge in [0.2, 0.25) is 0 Å². The maximum atomic E-state index is 6.05. The Balaban J connectivity index is 2.37. The van der Waals surface area contributed by atoms with Crippen LogP contribution in [0.2, 0.25) is 0 Å². The SMILES string of the molecule is Cc1cccc(-c2cncn2CC(C)(C)N)c1. The highest BCUT2D eigenvalue weighted by Crippen LogP contribution is 2.21. The van der Waals surface area contributed by atoms with E-state index in [9.17, 15) is 0 Å². The van der Waals surface area contributed by atoms with Crippen molar-refractivity contribution in [3.8, 4) is 11.3 Å². The van der Waals surface area contributed by atoms with Crippen LogP contribution in [0.5, 0.6) is 0 Å². The fourth-order valence-corrected chi connectivity index (χ4v) is 1.93. The van der Waals surface area contributed by atoms with Gasteiger partial charge in [0.25, 0.3) is 0 Å². The van der Waals surface area contributed by atoms with Gasteiger partial charge < -0.3 is 10.3 Å². The molecular weight excluding hydrogens is 210 g/mol. The summed E-state index contributed by atoms with van der Waals surface area (Å²) in [4.78, 5) is 4.22. The van der Waals surface area contributed by atoms with Crippen molar-refractivity contribution in [2.75, 3.05) is 0 Å². The smallest absolute Gasteiger partial charge is 0.0951 e.